The second-order valence-electron chi connectivity index (χ2n) is 6.86. The van der Waals surface area contributed by atoms with Crippen LogP contribution in [0, 0.1) is 0 Å². The second-order valence-corrected chi connectivity index (χ2v) is 6.86. The number of benzene rings is 2. The number of pyridine rings is 1. The molecule has 0 radical (unpaired) electrons. The van der Waals surface area contributed by atoms with Crippen molar-refractivity contribution in [2.75, 3.05) is 10.6 Å². The fourth-order valence-electron chi connectivity index (χ4n) is 3.65. The lowest BCUT2D eigenvalue weighted by Crippen LogP contribution is -2.23. The van der Waals surface area contributed by atoms with Gasteiger partial charge in [0.05, 0.1) is 5.52 Å². The first-order chi connectivity index (χ1) is 12.9. The third-order valence-electron chi connectivity index (χ3n) is 4.81. The van der Waals surface area contributed by atoms with E-state index in [0.717, 1.165) is 17.5 Å². The van der Waals surface area contributed by atoms with Crippen LogP contribution >= 0.6 is 0 Å². The van der Waals surface area contributed by atoms with Crippen molar-refractivity contribution in [3.8, 4) is 0 Å². The molecular formula is C21H19N3O3. The van der Waals surface area contributed by atoms with Crippen molar-refractivity contribution < 1.29 is 9.59 Å². The van der Waals surface area contributed by atoms with Gasteiger partial charge in [0.15, 0.2) is 0 Å². The van der Waals surface area contributed by atoms with Crippen LogP contribution in [0.5, 0.6) is 0 Å². The molecule has 0 fully saturated rings. The summed E-state index contributed by atoms with van der Waals surface area (Å²) >= 11 is 0. The summed E-state index contributed by atoms with van der Waals surface area (Å²) in [5.74, 6) is -0.658. The highest BCUT2D eigenvalue weighted by molar-refractivity contribution is 6.06. The van der Waals surface area contributed by atoms with Gasteiger partial charge in [-0.05, 0) is 43.2 Å². The van der Waals surface area contributed by atoms with E-state index in [-0.39, 0.29) is 22.9 Å². The Bertz CT molecular complexity index is 1150. The molecule has 136 valence electrons. The van der Waals surface area contributed by atoms with Gasteiger partial charge in [-0.15, -0.1) is 0 Å². The van der Waals surface area contributed by atoms with Crippen molar-refractivity contribution in [2.45, 2.75) is 26.3 Å². The molecule has 0 bridgehead atoms. The molecule has 4 rings (SSSR count). The summed E-state index contributed by atoms with van der Waals surface area (Å²) in [6, 6.07) is 12.7. The van der Waals surface area contributed by atoms with Crippen LogP contribution in [0.15, 0.2) is 53.5 Å². The lowest BCUT2D eigenvalue weighted by molar-refractivity contribution is -0.114. The summed E-state index contributed by atoms with van der Waals surface area (Å²) in [6.07, 6.45) is 2.50. The summed E-state index contributed by atoms with van der Waals surface area (Å²) in [5, 5.41) is 5.99. The maximum Gasteiger partial charge on any atom is 0.261 e. The fraction of sp³-hybridized carbons (Fsp3) is 0.190. The largest absolute Gasteiger partial charge is 0.343 e. The number of amides is 2. The fourth-order valence-corrected chi connectivity index (χ4v) is 3.65. The number of anilines is 2. The van der Waals surface area contributed by atoms with Crippen molar-refractivity contribution in [3.05, 3.63) is 70.0 Å². The average Bonchev–Trinajstić information content (AvgIpc) is 2.94. The Morgan fingerprint density at radius 3 is 2.52 bits per heavy atom. The molecule has 6 heteroatoms. The molecule has 2 N–H and O–H groups in total. The van der Waals surface area contributed by atoms with E-state index in [1.807, 2.05) is 16.7 Å². The monoisotopic (exact) mass is 361 g/mol. The second kappa shape index (κ2) is 6.39. The highest BCUT2D eigenvalue weighted by Crippen LogP contribution is 2.31. The smallest absolute Gasteiger partial charge is 0.261 e. The minimum Gasteiger partial charge on any atom is -0.343 e. The van der Waals surface area contributed by atoms with Gasteiger partial charge in [0.25, 0.3) is 5.91 Å². The number of hydrogen-bond acceptors (Lipinski definition) is 3. The topological polar surface area (TPSA) is 80.2 Å². The van der Waals surface area contributed by atoms with Gasteiger partial charge < -0.3 is 15.2 Å². The standard InChI is InChI=1S/C21H19N3O3/c1-12-9-14-5-3-8-17-19(14)24(12)11-18(20(17)26)21(27)23-16-7-4-6-15(10-16)22-13(2)25/h3-8,10-12H,9H2,1-2H3,(H,22,25)(H,23,27)/t12-/m0/s1. The molecule has 2 heterocycles. The molecule has 0 saturated carbocycles. The number of nitrogens with one attached hydrogen (secondary N) is 2. The molecule has 2 aromatic carbocycles. The molecule has 0 unspecified atom stereocenters. The molecule has 3 aromatic rings. The first-order valence-corrected chi connectivity index (χ1v) is 8.80. The molecule has 1 aliphatic heterocycles. The Kier molecular flexibility index (Phi) is 4.03. The van der Waals surface area contributed by atoms with Crippen LogP contribution in [0.4, 0.5) is 11.4 Å². The third-order valence-corrected chi connectivity index (χ3v) is 4.81. The maximum absolute atomic E-state index is 12.9. The Morgan fingerprint density at radius 2 is 1.78 bits per heavy atom. The number of nitrogens with zero attached hydrogens (tertiary/aromatic N) is 1. The lowest BCUT2D eigenvalue weighted by Gasteiger charge is -2.13. The van der Waals surface area contributed by atoms with Crippen LogP contribution in [0.25, 0.3) is 10.9 Å². The van der Waals surface area contributed by atoms with E-state index >= 15 is 0 Å². The van der Waals surface area contributed by atoms with E-state index in [2.05, 4.69) is 17.6 Å². The minimum absolute atomic E-state index is 0.110. The van der Waals surface area contributed by atoms with Gasteiger partial charge in [-0.3, -0.25) is 14.4 Å². The van der Waals surface area contributed by atoms with E-state index in [9.17, 15) is 14.4 Å². The molecule has 27 heavy (non-hydrogen) atoms. The SMILES string of the molecule is CC(=O)Nc1cccc(NC(=O)c2cn3c4c(cccc4c2=O)C[C@@H]3C)c1. The quantitative estimate of drug-likeness (QED) is 0.751. The van der Waals surface area contributed by atoms with Crippen LogP contribution in [-0.4, -0.2) is 16.4 Å². The maximum atomic E-state index is 12.9. The van der Waals surface area contributed by atoms with Gasteiger partial charge in [-0.25, -0.2) is 0 Å². The average molecular weight is 361 g/mol. The number of para-hydroxylation sites is 1. The molecule has 1 atom stereocenters. The van der Waals surface area contributed by atoms with Gasteiger partial charge in [0, 0.05) is 35.9 Å². The van der Waals surface area contributed by atoms with Crippen LogP contribution in [0.2, 0.25) is 0 Å². The van der Waals surface area contributed by atoms with Crippen molar-refractivity contribution in [3.63, 3.8) is 0 Å². The van der Waals surface area contributed by atoms with Crippen LogP contribution in [0.1, 0.15) is 35.8 Å². The van der Waals surface area contributed by atoms with Crippen molar-refractivity contribution >= 4 is 34.1 Å². The molecule has 0 saturated heterocycles. The molecule has 0 spiro atoms. The van der Waals surface area contributed by atoms with Gasteiger partial charge in [-0.1, -0.05) is 18.2 Å². The Labute approximate surface area is 155 Å². The highest BCUT2D eigenvalue weighted by Gasteiger charge is 2.24. The summed E-state index contributed by atoms with van der Waals surface area (Å²) < 4.78 is 2.01. The first kappa shape index (κ1) is 17.0. The van der Waals surface area contributed by atoms with Crippen LogP contribution in [0.3, 0.4) is 0 Å². The zero-order valence-electron chi connectivity index (χ0n) is 15.1. The van der Waals surface area contributed by atoms with E-state index in [1.165, 1.54) is 6.92 Å². The summed E-state index contributed by atoms with van der Waals surface area (Å²) in [4.78, 5) is 36.9. The molecule has 2 amide bonds. The van der Waals surface area contributed by atoms with Crippen LogP contribution in [-0.2, 0) is 11.2 Å². The van der Waals surface area contributed by atoms with E-state index in [0.29, 0.717) is 16.8 Å². The summed E-state index contributed by atoms with van der Waals surface area (Å²) in [6.45, 7) is 3.49. The number of hydrogen-bond donors (Lipinski definition) is 2. The Hall–Kier alpha value is -3.41. The molecule has 6 nitrogen and oxygen atoms in total. The zero-order chi connectivity index (χ0) is 19.1. The summed E-state index contributed by atoms with van der Waals surface area (Å²) in [7, 11) is 0. The molecule has 0 aliphatic carbocycles. The zero-order valence-corrected chi connectivity index (χ0v) is 15.1. The Morgan fingerprint density at radius 1 is 1.07 bits per heavy atom. The van der Waals surface area contributed by atoms with E-state index in [4.69, 9.17) is 0 Å². The lowest BCUT2D eigenvalue weighted by atomic mass is 10.1. The predicted octanol–water partition coefficient (Wildman–Crippen LogP) is 3.33. The van der Waals surface area contributed by atoms with Crippen LogP contribution < -0.4 is 16.1 Å². The van der Waals surface area contributed by atoms with Gasteiger partial charge in [-0.2, -0.15) is 0 Å². The third kappa shape index (κ3) is 2.99. The first-order valence-electron chi connectivity index (χ1n) is 8.80. The normalized spacial score (nSPS) is 15.0. The van der Waals surface area contributed by atoms with Gasteiger partial charge in [0.1, 0.15) is 5.56 Å². The molecule has 1 aromatic heterocycles. The van der Waals surface area contributed by atoms with Gasteiger partial charge >= 0.3 is 0 Å². The van der Waals surface area contributed by atoms with Crippen molar-refractivity contribution in [2.24, 2.45) is 0 Å². The summed E-state index contributed by atoms with van der Waals surface area (Å²) in [5.41, 5.74) is 2.97. The van der Waals surface area contributed by atoms with Crippen molar-refractivity contribution in [1.29, 1.82) is 0 Å². The van der Waals surface area contributed by atoms with E-state index < -0.39 is 5.91 Å². The van der Waals surface area contributed by atoms with Gasteiger partial charge in [0.2, 0.25) is 11.3 Å². The van der Waals surface area contributed by atoms with Crippen molar-refractivity contribution in [1.82, 2.24) is 4.57 Å². The molecule has 1 aliphatic rings. The Balaban J connectivity index is 1.72. The number of aromatic nitrogens is 1. The molecular weight excluding hydrogens is 342 g/mol. The number of rotatable bonds is 3. The highest BCUT2D eigenvalue weighted by atomic mass is 16.2. The van der Waals surface area contributed by atoms with E-state index in [1.54, 1.807) is 36.5 Å². The number of carbonyl (C=O) groups excluding carboxylic acids is 2. The minimum atomic E-state index is -0.463. The number of carbonyl (C=O) groups is 2. The predicted molar refractivity (Wildman–Crippen MR) is 105 cm³/mol.